The lowest BCUT2D eigenvalue weighted by atomic mass is 10.00. The topological polar surface area (TPSA) is 74.2 Å². The van der Waals surface area contributed by atoms with Crippen molar-refractivity contribution in [2.45, 2.75) is 25.2 Å². The van der Waals surface area contributed by atoms with Gasteiger partial charge in [-0.25, -0.2) is 0 Å². The van der Waals surface area contributed by atoms with E-state index in [0.29, 0.717) is 18.2 Å². The molecule has 1 aromatic carbocycles. The third-order valence-corrected chi connectivity index (χ3v) is 3.41. The second kappa shape index (κ2) is 5.40. The van der Waals surface area contributed by atoms with E-state index in [1.165, 1.54) is 0 Å². The molecule has 0 atom stereocenters. The normalized spacial score (nSPS) is 16.6. The summed E-state index contributed by atoms with van der Waals surface area (Å²) in [6.07, 6.45) is 2.60. The van der Waals surface area contributed by atoms with Crippen LogP contribution in [-0.4, -0.2) is 23.4 Å². The molecule has 1 aliphatic rings. The second-order valence-corrected chi connectivity index (χ2v) is 4.85. The number of ether oxygens (including phenoxy) is 1. The number of anilines is 1. The molecule has 0 radical (unpaired) electrons. The predicted molar refractivity (Wildman–Crippen MR) is 70.8 cm³/mol. The highest BCUT2D eigenvalue weighted by molar-refractivity contribution is 5.39. The number of hydrogen-bond donors (Lipinski definition) is 1. The number of nitrogens with zero attached hydrogens (tertiary/aromatic N) is 2. The first-order valence-corrected chi connectivity index (χ1v) is 6.56. The SMILES string of the molecule is Nc1ccc(Cc2nc(C3CCOCC3)no2)cc1. The zero-order chi connectivity index (χ0) is 13.1. The third kappa shape index (κ3) is 2.93. The molecule has 0 amide bonds. The van der Waals surface area contributed by atoms with Gasteiger partial charge in [-0.3, -0.25) is 0 Å². The molecule has 0 spiro atoms. The van der Waals surface area contributed by atoms with Crippen molar-refractivity contribution in [1.29, 1.82) is 0 Å². The van der Waals surface area contributed by atoms with Gasteiger partial charge in [0.2, 0.25) is 5.89 Å². The highest BCUT2D eigenvalue weighted by atomic mass is 16.5. The fraction of sp³-hybridized carbons (Fsp3) is 0.429. The van der Waals surface area contributed by atoms with Crippen LogP contribution in [0.4, 0.5) is 5.69 Å². The van der Waals surface area contributed by atoms with Crippen LogP contribution >= 0.6 is 0 Å². The lowest BCUT2D eigenvalue weighted by molar-refractivity contribution is 0.0830. The van der Waals surface area contributed by atoms with Gasteiger partial charge in [0.1, 0.15) is 0 Å². The monoisotopic (exact) mass is 259 g/mol. The maximum Gasteiger partial charge on any atom is 0.231 e. The smallest absolute Gasteiger partial charge is 0.231 e. The molecule has 1 saturated heterocycles. The first-order chi connectivity index (χ1) is 9.31. The minimum atomic E-state index is 0.373. The molecule has 0 aliphatic carbocycles. The van der Waals surface area contributed by atoms with Crippen molar-refractivity contribution in [2.75, 3.05) is 18.9 Å². The van der Waals surface area contributed by atoms with Crippen LogP contribution < -0.4 is 5.73 Å². The Kier molecular flexibility index (Phi) is 3.46. The fourth-order valence-corrected chi connectivity index (χ4v) is 2.27. The van der Waals surface area contributed by atoms with E-state index in [0.717, 1.165) is 43.1 Å². The summed E-state index contributed by atoms with van der Waals surface area (Å²) in [6, 6.07) is 7.72. The van der Waals surface area contributed by atoms with Crippen molar-refractivity contribution in [3.05, 3.63) is 41.5 Å². The van der Waals surface area contributed by atoms with Crippen LogP contribution in [0.15, 0.2) is 28.8 Å². The van der Waals surface area contributed by atoms with Gasteiger partial charge >= 0.3 is 0 Å². The van der Waals surface area contributed by atoms with Crippen molar-refractivity contribution in [1.82, 2.24) is 10.1 Å². The largest absolute Gasteiger partial charge is 0.399 e. The first kappa shape index (κ1) is 12.2. The minimum absolute atomic E-state index is 0.373. The summed E-state index contributed by atoms with van der Waals surface area (Å²) in [5, 5.41) is 4.09. The Hall–Kier alpha value is -1.88. The van der Waals surface area contributed by atoms with E-state index in [1.54, 1.807) is 0 Å². The van der Waals surface area contributed by atoms with Gasteiger partial charge < -0.3 is 15.0 Å². The Labute approximate surface area is 111 Å². The standard InChI is InChI=1S/C14H17N3O2/c15-12-3-1-10(2-4-12)9-13-16-14(17-19-13)11-5-7-18-8-6-11/h1-4,11H,5-9,15H2. The molecule has 0 bridgehead atoms. The second-order valence-electron chi connectivity index (χ2n) is 4.85. The molecule has 2 aromatic rings. The van der Waals surface area contributed by atoms with Crippen molar-refractivity contribution in [2.24, 2.45) is 0 Å². The average Bonchev–Trinajstić information content (AvgIpc) is 2.91. The van der Waals surface area contributed by atoms with Crippen LogP contribution in [-0.2, 0) is 11.2 Å². The number of aromatic nitrogens is 2. The lowest BCUT2D eigenvalue weighted by Gasteiger charge is -2.18. The van der Waals surface area contributed by atoms with Gasteiger partial charge in [0.05, 0.1) is 6.42 Å². The summed E-state index contributed by atoms with van der Waals surface area (Å²) in [5.41, 5.74) is 7.54. The molecule has 1 fully saturated rings. The maximum atomic E-state index is 5.66. The molecule has 1 aliphatic heterocycles. The summed E-state index contributed by atoms with van der Waals surface area (Å²) < 4.78 is 10.7. The van der Waals surface area contributed by atoms with Gasteiger partial charge in [0, 0.05) is 24.8 Å². The Morgan fingerprint density at radius 3 is 2.63 bits per heavy atom. The van der Waals surface area contributed by atoms with Gasteiger partial charge in [-0.05, 0) is 30.5 Å². The molecular formula is C14H17N3O2. The van der Waals surface area contributed by atoms with Crippen LogP contribution in [0.25, 0.3) is 0 Å². The summed E-state index contributed by atoms with van der Waals surface area (Å²) in [5.74, 6) is 1.85. The minimum Gasteiger partial charge on any atom is -0.399 e. The third-order valence-electron chi connectivity index (χ3n) is 3.41. The van der Waals surface area contributed by atoms with Crippen LogP contribution in [0.2, 0.25) is 0 Å². The molecule has 3 rings (SSSR count). The number of hydrogen-bond acceptors (Lipinski definition) is 5. The zero-order valence-electron chi connectivity index (χ0n) is 10.7. The number of rotatable bonds is 3. The molecule has 19 heavy (non-hydrogen) atoms. The van der Waals surface area contributed by atoms with E-state index in [2.05, 4.69) is 10.1 Å². The van der Waals surface area contributed by atoms with E-state index in [9.17, 15) is 0 Å². The molecule has 5 heteroatoms. The van der Waals surface area contributed by atoms with Gasteiger partial charge in [0.15, 0.2) is 5.82 Å². The van der Waals surface area contributed by atoms with Crippen molar-refractivity contribution >= 4 is 5.69 Å². The van der Waals surface area contributed by atoms with Crippen molar-refractivity contribution in [3.8, 4) is 0 Å². The molecule has 100 valence electrons. The van der Waals surface area contributed by atoms with Crippen molar-refractivity contribution < 1.29 is 9.26 Å². The summed E-state index contributed by atoms with van der Waals surface area (Å²) >= 11 is 0. The van der Waals surface area contributed by atoms with Crippen LogP contribution in [0.5, 0.6) is 0 Å². The first-order valence-electron chi connectivity index (χ1n) is 6.56. The van der Waals surface area contributed by atoms with E-state index < -0.39 is 0 Å². The molecule has 1 aromatic heterocycles. The van der Waals surface area contributed by atoms with Crippen molar-refractivity contribution in [3.63, 3.8) is 0 Å². The molecule has 2 N–H and O–H groups in total. The molecule has 0 saturated carbocycles. The Morgan fingerprint density at radius 1 is 1.16 bits per heavy atom. The Bertz CT molecular complexity index is 530. The molecule has 0 unspecified atom stereocenters. The number of nitrogens with two attached hydrogens (primary N) is 1. The maximum absolute atomic E-state index is 5.66. The Balaban J connectivity index is 1.68. The highest BCUT2D eigenvalue weighted by Crippen LogP contribution is 2.24. The molecule has 2 heterocycles. The van der Waals surface area contributed by atoms with Crippen LogP contribution in [0.1, 0.15) is 36.0 Å². The van der Waals surface area contributed by atoms with Crippen LogP contribution in [0.3, 0.4) is 0 Å². The van der Waals surface area contributed by atoms with Gasteiger partial charge in [-0.1, -0.05) is 17.3 Å². The van der Waals surface area contributed by atoms with Gasteiger partial charge in [-0.2, -0.15) is 4.98 Å². The quantitative estimate of drug-likeness (QED) is 0.855. The fourth-order valence-electron chi connectivity index (χ4n) is 2.27. The van der Waals surface area contributed by atoms with Gasteiger partial charge in [0.25, 0.3) is 0 Å². The number of benzene rings is 1. The summed E-state index contributed by atoms with van der Waals surface area (Å²) in [6.45, 7) is 1.57. The number of nitrogen functional groups attached to an aromatic ring is 1. The van der Waals surface area contributed by atoms with E-state index in [1.807, 2.05) is 24.3 Å². The van der Waals surface area contributed by atoms with E-state index in [-0.39, 0.29) is 0 Å². The molecular weight excluding hydrogens is 242 g/mol. The Morgan fingerprint density at radius 2 is 1.89 bits per heavy atom. The highest BCUT2D eigenvalue weighted by Gasteiger charge is 2.21. The lowest BCUT2D eigenvalue weighted by Crippen LogP contribution is -2.15. The van der Waals surface area contributed by atoms with E-state index in [4.69, 9.17) is 15.0 Å². The van der Waals surface area contributed by atoms with E-state index >= 15 is 0 Å². The predicted octanol–water partition coefficient (Wildman–Crippen LogP) is 2.14. The zero-order valence-corrected chi connectivity index (χ0v) is 10.7. The average molecular weight is 259 g/mol. The van der Waals surface area contributed by atoms with Crippen LogP contribution in [0, 0.1) is 0 Å². The molecule has 5 nitrogen and oxygen atoms in total. The van der Waals surface area contributed by atoms with Gasteiger partial charge in [-0.15, -0.1) is 0 Å². The summed E-state index contributed by atoms with van der Waals surface area (Å²) in [7, 11) is 0. The summed E-state index contributed by atoms with van der Waals surface area (Å²) in [4.78, 5) is 4.49.